The average molecular weight is 1450 g/mol. The number of cyclic esters (lactones) is 2. The summed E-state index contributed by atoms with van der Waals surface area (Å²) in [6, 6.07) is 9.67. The highest BCUT2D eigenvalue weighted by Gasteiger charge is 2.39. The van der Waals surface area contributed by atoms with E-state index in [9.17, 15) is 67.1 Å². The molecule has 0 saturated carbocycles. The predicted molar refractivity (Wildman–Crippen MR) is 388 cm³/mol. The lowest BCUT2D eigenvalue weighted by molar-refractivity contribution is -0.155. The van der Waals surface area contributed by atoms with E-state index in [-0.39, 0.29) is 99.3 Å². The third kappa shape index (κ3) is 27.1. The smallest absolute Gasteiger partial charge is 0.409 e. The number of hydrogen-bond donors (Lipinski definition) is 5. The second-order valence-corrected chi connectivity index (χ2v) is 28.0. The fourth-order valence-electron chi connectivity index (χ4n) is 11.4. The number of amides is 11. The second-order valence-electron chi connectivity index (χ2n) is 28.0. The molecule has 0 saturated heterocycles. The van der Waals surface area contributed by atoms with Gasteiger partial charge in [0, 0.05) is 109 Å². The van der Waals surface area contributed by atoms with Gasteiger partial charge >= 0.3 is 24.1 Å². The topological polar surface area (TPSA) is 352 Å². The van der Waals surface area contributed by atoms with Crippen molar-refractivity contribution >= 4 is 88.8 Å². The van der Waals surface area contributed by atoms with Crippen LogP contribution in [-0.2, 0) is 89.5 Å². The number of likely N-dealkylation sites (N-methyl/N-ethyl adjacent to an activating group) is 4. The first-order valence-electron chi connectivity index (χ1n) is 35.7. The van der Waals surface area contributed by atoms with E-state index in [1.54, 1.807) is 109 Å². The van der Waals surface area contributed by atoms with Gasteiger partial charge in [-0.15, -0.1) is 0 Å². The molecule has 2 aliphatic heterocycles. The molecule has 572 valence electrons. The minimum atomic E-state index is -1.40. The minimum absolute atomic E-state index is 0.00866. The van der Waals surface area contributed by atoms with Crippen LogP contribution in [0.1, 0.15) is 153 Å². The van der Waals surface area contributed by atoms with Gasteiger partial charge in [-0.25, -0.2) is 19.2 Å². The number of rotatable bonds is 26. The van der Waals surface area contributed by atoms with Crippen molar-refractivity contribution in [3.63, 3.8) is 0 Å². The summed E-state index contributed by atoms with van der Waals surface area (Å²) < 4.78 is 23.8. The Hall–Kier alpha value is -9.76. The highest BCUT2D eigenvalue weighted by Crippen LogP contribution is 2.27. The van der Waals surface area contributed by atoms with Crippen LogP contribution in [0.25, 0.3) is 0 Å². The van der Waals surface area contributed by atoms with Crippen molar-refractivity contribution < 1.29 is 86.1 Å². The van der Waals surface area contributed by atoms with Crippen molar-refractivity contribution in [3.8, 4) is 0 Å². The van der Waals surface area contributed by atoms with Gasteiger partial charge < -0.3 is 65.1 Å². The number of Topliss-reactive ketones (excluding diaryl/α,β-unsaturated/α-hetero) is 1. The van der Waals surface area contributed by atoms with Crippen LogP contribution in [0, 0.1) is 29.6 Å². The molecule has 0 aliphatic carbocycles. The Morgan fingerprint density at radius 1 is 0.750 bits per heavy atom. The maximum Gasteiger partial charge on any atom is 0.409 e. The summed E-state index contributed by atoms with van der Waals surface area (Å²) in [5, 5.41) is 13.7. The van der Waals surface area contributed by atoms with E-state index in [4.69, 9.17) is 18.9 Å². The molecule has 0 fully saturated rings. The van der Waals surface area contributed by atoms with Crippen molar-refractivity contribution in [2.45, 2.75) is 203 Å². The van der Waals surface area contributed by atoms with Gasteiger partial charge in [0.25, 0.3) is 17.7 Å². The standard InChI is InChI=1S/C76H110N10O18/c1-18-47(7)66-70(94)78-53(13)74(98)104-67(48(8)19-2)51(11)59(34-29-49(9)73(97)102-60(40-45(3)4)69(93)77-52(12)71(95)85(17)57(42-54-26-22-20-23-27-54)72(96)84(16)43-62(89)81-66)103-76(100)83(15)39-38-82(14)75(99)101-44-55-30-32-56(33-31-55)79-68(92)50(10)41-58(87)65(46(5)6)80-61(88)28-24-21-25-37-86-63(90)35-36-64(86)91/h19-20,22-23,26-27,29-33,35-36,45-47,50-53,57,59-60,65-67H,18,21,24-25,28,34,37-44H2,1-17H3,(H,77,93)(H,78,94)(H,79,92)(H,80,88)(H,81,89)/b48-19+,49-29+/t47?,50-,51-,52-,53+,57+,59-,60+,65+,66-,67+/m0/s1. The number of anilines is 1. The molecule has 28 heteroatoms. The summed E-state index contributed by atoms with van der Waals surface area (Å²) in [6.07, 6.45) is 2.25. The van der Waals surface area contributed by atoms with Crippen molar-refractivity contribution in [2.24, 2.45) is 29.6 Å². The van der Waals surface area contributed by atoms with Crippen LogP contribution in [0.15, 0.2) is 90.0 Å². The fraction of sp³-hybridized carbons (Fsp3) is 0.579. The molecule has 0 aromatic heterocycles. The van der Waals surface area contributed by atoms with Crippen molar-refractivity contribution in [1.29, 1.82) is 0 Å². The molecule has 0 spiro atoms. The molecule has 5 N–H and O–H groups in total. The largest absolute Gasteiger partial charge is 0.456 e. The number of benzene rings is 2. The third-order valence-corrected chi connectivity index (χ3v) is 18.5. The van der Waals surface area contributed by atoms with Crippen molar-refractivity contribution in [3.05, 3.63) is 101 Å². The molecular formula is C76H110N10O18. The number of nitrogens with zero attached hydrogens (tertiary/aromatic N) is 5. The predicted octanol–water partition coefficient (Wildman–Crippen LogP) is 6.74. The number of carbonyl (C=O) groups is 14. The summed E-state index contributed by atoms with van der Waals surface area (Å²) in [5.74, 6) is -9.60. The van der Waals surface area contributed by atoms with E-state index in [0.29, 0.717) is 48.1 Å². The quantitative estimate of drug-likeness (QED) is 0.0214. The minimum Gasteiger partial charge on any atom is -0.456 e. The molecule has 2 aromatic rings. The Balaban J connectivity index is 1.48. The van der Waals surface area contributed by atoms with E-state index >= 15 is 0 Å². The van der Waals surface area contributed by atoms with Crippen LogP contribution in [0.5, 0.6) is 0 Å². The molecule has 11 amide bonds. The summed E-state index contributed by atoms with van der Waals surface area (Å²) >= 11 is 0. The number of carbonyl (C=O) groups excluding carboxylic acids is 14. The summed E-state index contributed by atoms with van der Waals surface area (Å²) in [4.78, 5) is 196. The number of esters is 2. The first-order valence-corrected chi connectivity index (χ1v) is 35.7. The van der Waals surface area contributed by atoms with Gasteiger partial charge in [-0.3, -0.25) is 52.8 Å². The zero-order chi connectivity index (χ0) is 77.8. The van der Waals surface area contributed by atoms with E-state index in [1.165, 1.54) is 81.9 Å². The first-order chi connectivity index (χ1) is 49.0. The molecule has 2 heterocycles. The van der Waals surface area contributed by atoms with E-state index < -0.39 is 132 Å². The molecule has 28 nitrogen and oxygen atoms in total. The molecular weight excluding hydrogens is 1340 g/mol. The number of imide groups is 1. The molecule has 2 aliphatic rings. The summed E-state index contributed by atoms with van der Waals surface area (Å²) in [6.45, 7) is 21.2. The van der Waals surface area contributed by atoms with E-state index in [0.717, 1.165) is 9.80 Å². The van der Waals surface area contributed by atoms with Gasteiger partial charge in [0.15, 0.2) is 11.9 Å². The molecule has 4 rings (SSSR count). The number of ether oxygens (including phenoxy) is 4. The van der Waals surface area contributed by atoms with Gasteiger partial charge in [0.05, 0.1) is 12.6 Å². The highest BCUT2D eigenvalue weighted by atomic mass is 16.6. The van der Waals surface area contributed by atoms with Gasteiger partial charge in [0.2, 0.25) is 35.4 Å². The molecule has 1 unspecified atom stereocenters. The Morgan fingerprint density at radius 2 is 1.37 bits per heavy atom. The van der Waals surface area contributed by atoms with Crippen LogP contribution in [0.4, 0.5) is 15.3 Å². The first kappa shape index (κ1) is 86.6. The number of unbranched alkanes of at least 4 members (excludes halogenated alkanes) is 2. The molecule has 0 radical (unpaired) electrons. The van der Waals surface area contributed by atoms with Gasteiger partial charge in [0.1, 0.15) is 43.0 Å². The number of nitrogens with one attached hydrogen (secondary N) is 5. The molecule has 0 bridgehead atoms. The number of hydrogen-bond acceptors (Lipinski definition) is 18. The Bertz CT molecular complexity index is 3430. The van der Waals surface area contributed by atoms with E-state index in [2.05, 4.69) is 26.6 Å². The zero-order valence-electron chi connectivity index (χ0n) is 63.5. The van der Waals surface area contributed by atoms with E-state index in [1.807, 2.05) is 20.8 Å². The van der Waals surface area contributed by atoms with Gasteiger partial charge in [-0.1, -0.05) is 123 Å². The number of allylic oxidation sites excluding steroid dienone is 1. The lowest BCUT2D eigenvalue weighted by Gasteiger charge is -2.33. The average Bonchev–Trinajstić information content (AvgIpc) is 0.863. The fourth-order valence-corrected chi connectivity index (χ4v) is 11.4. The molecule has 2 aromatic carbocycles. The summed E-state index contributed by atoms with van der Waals surface area (Å²) in [7, 11) is 5.70. The number of ketones is 1. The van der Waals surface area contributed by atoms with Crippen molar-refractivity contribution in [1.82, 2.24) is 45.8 Å². The second kappa shape index (κ2) is 42.1. The maximum absolute atomic E-state index is 14.4. The maximum atomic E-state index is 14.4. The SMILES string of the molecule is C/C=C(\C)[C@H]1OC(=O)[C@@H](C)NC(=O)[C@H](C(C)CC)NC(=O)CN(C)C(=O)[C@@H](Cc2ccccc2)N(C)C(=O)[C@H](C)NC(=O)[C@@H](CC(C)C)OC(=O)/C(C)=C/C[C@H](OC(=O)N(C)CCN(C)C(=O)OCc2ccc(NC(=O)[C@@H](C)CC(=O)[C@H](NC(=O)CCCCCN3C(=O)C=CC3=O)C(C)C)cc2)[C@@H]1C. The zero-order valence-corrected chi connectivity index (χ0v) is 63.5. The molecule has 104 heavy (non-hydrogen) atoms. The third-order valence-electron chi connectivity index (χ3n) is 18.5. The lowest BCUT2D eigenvalue weighted by Crippen LogP contribution is -2.57. The Labute approximate surface area is 611 Å². The van der Waals surface area contributed by atoms with Crippen LogP contribution in [-0.4, -0.2) is 210 Å². The normalized spacial score (nSPS) is 22.5. The van der Waals surface area contributed by atoms with Crippen LogP contribution < -0.4 is 26.6 Å². The Kier molecular flexibility index (Phi) is 35.1. The molecule has 11 atom stereocenters. The van der Waals surface area contributed by atoms with Crippen molar-refractivity contribution in [2.75, 3.05) is 59.7 Å². The Morgan fingerprint density at radius 3 is 1.96 bits per heavy atom. The van der Waals surface area contributed by atoms with Crippen LogP contribution in [0.2, 0.25) is 0 Å². The highest BCUT2D eigenvalue weighted by molar-refractivity contribution is 6.13. The van der Waals surface area contributed by atoms with Crippen LogP contribution >= 0.6 is 0 Å². The van der Waals surface area contributed by atoms with Gasteiger partial charge in [-0.2, -0.15) is 0 Å². The van der Waals surface area contributed by atoms with Crippen LogP contribution in [0.3, 0.4) is 0 Å². The summed E-state index contributed by atoms with van der Waals surface area (Å²) in [5.41, 5.74) is 2.22. The monoisotopic (exact) mass is 1450 g/mol. The van der Waals surface area contributed by atoms with Gasteiger partial charge in [-0.05, 0) is 100 Å². The lowest BCUT2D eigenvalue weighted by atomic mass is 9.90.